The Hall–Kier alpha value is -1.35. The molecule has 1 saturated heterocycles. The molecule has 1 N–H and O–H groups in total. The summed E-state index contributed by atoms with van der Waals surface area (Å²) < 4.78 is 0. The monoisotopic (exact) mass is 261 g/mol. The number of aliphatic hydroxyl groups is 1. The van der Waals surface area contributed by atoms with E-state index in [0.717, 1.165) is 12.0 Å². The number of hydrogen-bond donors (Lipinski definition) is 1. The van der Waals surface area contributed by atoms with E-state index in [1.54, 1.807) is 0 Å². The highest BCUT2D eigenvalue weighted by molar-refractivity contribution is 5.80. The standard InChI is InChI=1S/C16H23NO2/c1-11(2)9-14-15(18)10-16(19)17(14)12(3)13-7-5-4-6-8-13/h4-8,11-12,14-15,18H,9-10H2,1-3H3/t12-,14+,15+/m0/s1. The predicted octanol–water partition coefficient (Wildman–Crippen LogP) is 2.76. The van der Waals surface area contributed by atoms with Crippen LogP contribution in [0, 0.1) is 5.92 Å². The van der Waals surface area contributed by atoms with E-state index in [1.165, 1.54) is 0 Å². The molecule has 0 bridgehead atoms. The number of carbonyl (C=O) groups is 1. The van der Waals surface area contributed by atoms with Gasteiger partial charge in [0, 0.05) is 0 Å². The molecule has 1 heterocycles. The molecule has 1 aromatic rings. The Morgan fingerprint density at radius 3 is 2.47 bits per heavy atom. The van der Waals surface area contributed by atoms with E-state index in [0.29, 0.717) is 5.92 Å². The van der Waals surface area contributed by atoms with Crippen LogP contribution in [-0.2, 0) is 4.79 Å². The van der Waals surface area contributed by atoms with Crippen LogP contribution < -0.4 is 0 Å². The van der Waals surface area contributed by atoms with Crippen LogP contribution >= 0.6 is 0 Å². The van der Waals surface area contributed by atoms with Crippen LogP contribution in [0.4, 0.5) is 0 Å². The number of carbonyl (C=O) groups excluding carboxylic acids is 1. The van der Waals surface area contributed by atoms with Crippen molar-refractivity contribution in [3.63, 3.8) is 0 Å². The van der Waals surface area contributed by atoms with Gasteiger partial charge in [-0.05, 0) is 24.8 Å². The van der Waals surface area contributed by atoms with E-state index in [-0.39, 0.29) is 24.4 Å². The van der Waals surface area contributed by atoms with E-state index in [1.807, 2.05) is 42.2 Å². The van der Waals surface area contributed by atoms with Gasteiger partial charge >= 0.3 is 0 Å². The summed E-state index contributed by atoms with van der Waals surface area (Å²) in [4.78, 5) is 14.0. The first-order valence-corrected chi connectivity index (χ1v) is 7.05. The maximum absolute atomic E-state index is 12.2. The summed E-state index contributed by atoms with van der Waals surface area (Å²) in [6.07, 6.45) is 0.583. The molecule has 0 saturated carbocycles. The molecule has 1 aliphatic rings. The lowest BCUT2D eigenvalue weighted by Crippen LogP contribution is -2.39. The molecule has 0 unspecified atom stereocenters. The topological polar surface area (TPSA) is 40.5 Å². The van der Waals surface area contributed by atoms with Crippen LogP contribution in [0.5, 0.6) is 0 Å². The van der Waals surface area contributed by atoms with Crippen LogP contribution in [0.2, 0.25) is 0 Å². The fraction of sp³-hybridized carbons (Fsp3) is 0.562. The maximum Gasteiger partial charge on any atom is 0.226 e. The molecule has 0 spiro atoms. The molecular weight excluding hydrogens is 238 g/mol. The molecular formula is C16H23NO2. The zero-order valence-electron chi connectivity index (χ0n) is 11.9. The molecule has 1 amide bonds. The highest BCUT2D eigenvalue weighted by Crippen LogP contribution is 2.33. The number of benzene rings is 1. The summed E-state index contributed by atoms with van der Waals surface area (Å²) in [5.74, 6) is 0.533. The lowest BCUT2D eigenvalue weighted by molar-refractivity contribution is -0.131. The predicted molar refractivity (Wildman–Crippen MR) is 75.6 cm³/mol. The number of amides is 1. The molecule has 2 rings (SSSR count). The number of hydrogen-bond acceptors (Lipinski definition) is 2. The average Bonchev–Trinajstić information content (AvgIpc) is 2.64. The highest BCUT2D eigenvalue weighted by Gasteiger charge is 2.41. The van der Waals surface area contributed by atoms with Crippen molar-refractivity contribution in [3.8, 4) is 0 Å². The molecule has 3 nitrogen and oxygen atoms in total. The first-order chi connectivity index (χ1) is 9.00. The molecule has 0 aliphatic carbocycles. The molecule has 1 aromatic carbocycles. The SMILES string of the molecule is CC(C)C[C@@H]1[C@H](O)CC(=O)N1[C@@H](C)c1ccccc1. The minimum atomic E-state index is -0.527. The number of rotatable bonds is 4. The lowest BCUT2D eigenvalue weighted by atomic mass is 9.98. The van der Waals surface area contributed by atoms with Crippen molar-refractivity contribution >= 4 is 5.91 Å². The summed E-state index contributed by atoms with van der Waals surface area (Å²) in [7, 11) is 0. The molecule has 0 radical (unpaired) electrons. The Kier molecular flexibility index (Phi) is 4.25. The van der Waals surface area contributed by atoms with Gasteiger partial charge < -0.3 is 10.0 Å². The van der Waals surface area contributed by atoms with Crippen molar-refractivity contribution in [2.45, 2.75) is 51.8 Å². The molecule has 19 heavy (non-hydrogen) atoms. The number of nitrogens with zero attached hydrogens (tertiary/aromatic N) is 1. The Bertz CT molecular complexity index is 430. The van der Waals surface area contributed by atoms with Gasteiger partial charge in [0.25, 0.3) is 0 Å². The zero-order chi connectivity index (χ0) is 14.0. The number of aliphatic hydroxyl groups excluding tert-OH is 1. The Labute approximate surface area is 115 Å². The highest BCUT2D eigenvalue weighted by atomic mass is 16.3. The summed E-state index contributed by atoms with van der Waals surface area (Å²) >= 11 is 0. The first kappa shape index (κ1) is 14.1. The second-order valence-electron chi connectivity index (χ2n) is 5.86. The summed E-state index contributed by atoms with van der Waals surface area (Å²) in [6.45, 7) is 6.29. The Morgan fingerprint density at radius 2 is 1.89 bits per heavy atom. The third kappa shape index (κ3) is 2.98. The Balaban J connectivity index is 2.22. The van der Waals surface area contributed by atoms with Crippen molar-refractivity contribution in [1.29, 1.82) is 0 Å². The summed E-state index contributed by atoms with van der Waals surface area (Å²) in [5.41, 5.74) is 1.12. The lowest BCUT2D eigenvalue weighted by Gasteiger charge is -2.33. The Morgan fingerprint density at radius 1 is 1.26 bits per heavy atom. The quantitative estimate of drug-likeness (QED) is 0.905. The minimum absolute atomic E-state index is 0.0228. The fourth-order valence-corrected chi connectivity index (χ4v) is 2.94. The largest absolute Gasteiger partial charge is 0.390 e. The van der Waals surface area contributed by atoms with Crippen molar-refractivity contribution < 1.29 is 9.90 Å². The van der Waals surface area contributed by atoms with Crippen molar-refractivity contribution in [3.05, 3.63) is 35.9 Å². The van der Waals surface area contributed by atoms with Crippen LogP contribution in [-0.4, -0.2) is 28.1 Å². The van der Waals surface area contributed by atoms with Gasteiger partial charge in [-0.1, -0.05) is 44.2 Å². The summed E-state index contributed by atoms with van der Waals surface area (Å²) in [5, 5.41) is 10.1. The van der Waals surface area contributed by atoms with Crippen molar-refractivity contribution in [1.82, 2.24) is 4.90 Å². The van der Waals surface area contributed by atoms with Gasteiger partial charge in [0.15, 0.2) is 0 Å². The third-order valence-electron chi connectivity index (χ3n) is 3.89. The van der Waals surface area contributed by atoms with Crippen LogP contribution in [0.1, 0.15) is 45.2 Å². The van der Waals surface area contributed by atoms with E-state index >= 15 is 0 Å². The van der Waals surface area contributed by atoms with Gasteiger partial charge in [0.05, 0.1) is 24.6 Å². The van der Waals surface area contributed by atoms with Gasteiger partial charge in [0.2, 0.25) is 5.91 Å². The normalized spacial score (nSPS) is 25.1. The van der Waals surface area contributed by atoms with Gasteiger partial charge in [-0.2, -0.15) is 0 Å². The average molecular weight is 261 g/mol. The molecule has 1 fully saturated rings. The van der Waals surface area contributed by atoms with Gasteiger partial charge in [-0.15, -0.1) is 0 Å². The molecule has 0 aromatic heterocycles. The molecule has 3 atom stereocenters. The first-order valence-electron chi connectivity index (χ1n) is 7.05. The van der Waals surface area contributed by atoms with E-state index in [4.69, 9.17) is 0 Å². The fourth-order valence-electron chi connectivity index (χ4n) is 2.94. The molecule has 3 heteroatoms. The number of likely N-dealkylation sites (tertiary alicyclic amines) is 1. The maximum atomic E-state index is 12.2. The van der Waals surface area contributed by atoms with Crippen LogP contribution in [0.15, 0.2) is 30.3 Å². The van der Waals surface area contributed by atoms with Crippen molar-refractivity contribution in [2.24, 2.45) is 5.92 Å². The van der Waals surface area contributed by atoms with E-state index in [2.05, 4.69) is 13.8 Å². The summed E-state index contributed by atoms with van der Waals surface area (Å²) in [6, 6.07) is 9.99. The van der Waals surface area contributed by atoms with Crippen LogP contribution in [0.3, 0.4) is 0 Å². The molecule has 104 valence electrons. The smallest absolute Gasteiger partial charge is 0.226 e. The van der Waals surface area contributed by atoms with Gasteiger partial charge in [-0.25, -0.2) is 0 Å². The minimum Gasteiger partial charge on any atom is -0.390 e. The second-order valence-corrected chi connectivity index (χ2v) is 5.86. The van der Waals surface area contributed by atoms with Crippen molar-refractivity contribution in [2.75, 3.05) is 0 Å². The van der Waals surface area contributed by atoms with Gasteiger partial charge in [-0.3, -0.25) is 4.79 Å². The second kappa shape index (κ2) is 5.74. The van der Waals surface area contributed by atoms with E-state index in [9.17, 15) is 9.90 Å². The zero-order valence-corrected chi connectivity index (χ0v) is 11.9. The van der Waals surface area contributed by atoms with E-state index < -0.39 is 6.10 Å². The third-order valence-corrected chi connectivity index (χ3v) is 3.89. The molecule has 1 aliphatic heterocycles. The van der Waals surface area contributed by atoms with Crippen LogP contribution in [0.25, 0.3) is 0 Å². The van der Waals surface area contributed by atoms with Gasteiger partial charge in [0.1, 0.15) is 0 Å².